The van der Waals surface area contributed by atoms with Gasteiger partial charge in [0.15, 0.2) is 0 Å². The maximum Gasteiger partial charge on any atom is 0.509 e. The molecular formula is C25H49O6P. The number of allylic oxidation sites excluding steroid dienone is 1. The minimum Gasteiger partial charge on any atom is -0.438 e. The Labute approximate surface area is 197 Å². The molecule has 0 amide bonds. The lowest BCUT2D eigenvalue weighted by Crippen LogP contribution is -2.18. The van der Waals surface area contributed by atoms with Gasteiger partial charge in [-0.3, -0.25) is 4.57 Å². The lowest BCUT2D eigenvalue weighted by Gasteiger charge is -2.20. The Bertz CT molecular complexity index is 501. The summed E-state index contributed by atoms with van der Waals surface area (Å²) in [5, 5.41) is 0. The molecule has 0 N–H and O–H groups in total. The first-order valence-electron chi connectivity index (χ1n) is 12.7. The highest BCUT2D eigenvalue weighted by Gasteiger charge is 2.35. The Kier molecular flexibility index (Phi) is 21.4. The van der Waals surface area contributed by atoms with E-state index < -0.39 is 19.6 Å². The van der Waals surface area contributed by atoms with Crippen LogP contribution in [0.25, 0.3) is 0 Å². The Morgan fingerprint density at radius 3 is 1.50 bits per heavy atom. The first-order valence-corrected chi connectivity index (χ1v) is 14.3. The lowest BCUT2D eigenvalue weighted by atomic mass is 10.0. The Hall–Kier alpha value is -0.840. The smallest absolute Gasteiger partial charge is 0.438 e. The van der Waals surface area contributed by atoms with E-state index in [1.165, 1.54) is 111 Å². The average Bonchev–Trinajstić information content (AvgIpc) is 2.81. The molecule has 7 heteroatoms. The zero-order chi connectivity index (χ0) is 23.9. The van der Waals surface area contributed by atoms with Crippen molar-refractivity contribution in [1.29, 1.82) is 0 Å². The maximum absolute atomic E-state index is 12.5. The number of hydrogen-bond donors (Lipinski definition) is 0. The molecule has 190 valence electrons. The van der Waals surface area contributed by atoms with E-state index in [0.717, 1.165) is 19.3 Å². The number of ether oxygens (including phenoxy) is 2. The molecule has 32 heavy (non-hydrogen) atoms. The van der Waals surface area contributed by atoms with Gasteiger partial charge in [-0.2, -0.15) is 0 Å². The summed E-state index contributed by atoms with van der Waals surface area (Å²) in [6.45, 7) is 2.27. The van der Waals surface area contributed by atoms with Crippen LogP contribution in [0.1, 0.15) is 116 Å². The highest BCUT2D eigenvalue weighted by Crippen LogP contribution is 2.52. The first kappa shape index (κ1) is 31.2. The van der Waals surface area contributed by atoms with Gasteiger partial charge >= 0.3 is 13.8 Å². The standard InChI is InChI=1S/C25H49O6P/c1-5-6-7-8-9-10-11-12-13-14-15-16-17-18-19-20-21-22-23-24(31-25(26)28-2)32(27,29-3)30-4/h22-24H,5-21H2,1-4H3/b23-22+. The van der Waals surface area contributed by atoms with Crippen molar-refractivity contribution in [2.24, 2.45) is 0 Å². The van der Waals surface area contributed by atoms with Crippen molar-refractivity contribution in [2.75, 3.05) is 21.3 Å². The molecule has 0 aliphatic rings. The number of rotatable bonds is 22. The highest BCUT2D eigenvalue weighted by atomic mass is 31.2. The fraction of sp³-hybridized carbons (Fsp3) is 0.880. The molecule has 0 aliphatic heterocycles. The van der Waals surface area contributed by atoms with Crippen molar-refractivity contribution in [3.8, 4) is 0 Å². The van der Waals surface area contributed by atoms with E-state index >= 15 is 0 Å². The maximum atomic E-state index is 12.5. The number of hydrogen-bond acceptors (Lipinski definition) is 6. The van der Waals surface area contributed by atoms with Crippen molar-refractivity contribution < 1.29 is 27.9 Å². The predicted octanol–water partition coefficient (Wildman–Crippen LogP) is 8.79. The number of unbranched alkanes of at least 4 members (excludes halogenated alkanes) is 16. The summed E-state index contributed by atoms with van der Waals surface area (Å²) in [5.74, 6) is -1.11. The van der Waals surface area contributed by atoms with Gasteiger partial charge in [0.25, 0.3) is 0 Å². The zero-order valence-electron chi connectivity index (χ0n) is 21.1. The summed E-state index contributed by atoms with van der Waals surface area (Å²) < 4.78 is 31.8. The van der Waals surface area contributed by atoms with Crippen LogP contribution in [0.2, 0.25) is 0 Å². The topological polar surface area (TPSA) is 71.1 Å². The fourth-order valence-corrected chi connectivity index (χ4v) is 4.77. The monoisotopic (exact) mass is 476 g/mol. The van der Waals surface area contributed by atoms with Crippen LogP contribution >= 0.6 is 7.60 Å². The summed E-state index contributed by atoms with van der Waals surface area (Å²) in [6.07, 6.45) is 24.7. The molecule has 0 aliphatic carbocycles. The van der Waals surface area contributed by atoms with Gasteiger partial charge in [0.05, 0.1) is 7.11 Å². The third-order valence-electron chi connectivity index (χ3n) is 5.73. The van der Waals surface area contributed by atoms with Crippen LogP contribution in [0.3, 0.4) is 0 Å². The van der Waals surface area contributed by atoms with Crippen molar-refractivity contribution in [1.82, 2.24) is 0 Å². The van der Waals surface area contributed by atoms with E-state index in [1.807, 2.05) is 6.08 Å². The summed E-state index contributed by atoms with van der Waals surface area (Å²) in [4.78, 5) is 11.4. The summed E-state index contributed by atoms with van der Waals surface area (Å²) >= 11 is 0. The van der Waals surface area contributed by atoms with E-state index in [2.05, 4.69) is 11.7 Å². The molecule has 6 nitrogen and oxygen atoms in total. The quantitative estimate of drug-likeness (QED) is 0.0673. The molecule has 0 aromatic carbocycles. The van der Waals surface area contributed by atoms with Crippen molar-refractivity contribution in [3.05, 3.63) is 12.2 Å². The van der Waals surface area contributed by atoms with Gasteiger partial charge in [0, 0.05) is 14.2 Å². The van der Waals surface area contributed by atoms with Gasteiger partial charge in [-0.15, -0.1) is 0 Å². The number of carbonyl (C=O) groups is 1. The molecular weight excluding hydrogens is 427 g/mol. The first-order chi connectivity index (χ1) is 15.5. The Morgan fingerprint density at radius 1 is 0.719 bits per heavy atom. The summed E-state index contributed by atoms with van der Waals surface area (Å²) in [6, 6.07) is 0. The van der Waals surface area contributed by atoms with Crippen LogP contribution in [0, 0.1) is 0 Å². The van der Waals surface area contributed by atoms with E-state index in [9.17, 15) is 9.36 Å². The van der Waals surface area contributed by atoms with E-state index in [0.29, 0.717) is 0 Å². The molecule has 0 spiro atoms. The van der Waals surface area contributed by atoms with Crippen molar-refractivity contribution in [2.45, 2.75) is 122 Å². The molecule has 0 radical (unpaired) electrons. The molecule has 1 atom stereocenters. The molecule has 0 rings (SSSR count). The minimum absolute atomic E-state index is 0.826. The number of methoxy groups -OCH3 is 1. The molecule has 0 aromatic heterocycles. The van der Waals surface area contributed by atoms with Crippen LogP contribution in [-0.2, 0) is 23.1 Å². The molecule has 0 aromatic rings. The van der Waals surface area contributed by atoms with Gasteiger partial charge in [-0.25, -0.2) is 4.79 Å². The highest BCUT2D eigenvalue weighted by molar-refractivity contribution is 7.54. The fourth-order valence-electron chi connectivity index (χ4n) is 3.66. The third kappa shape index (κ3) is 16.7. The molecule has 0 heterocycles. The van der Waals surface area contributed by atoms with E-state index in [-0.39, 0.29) is 0 Å². The average molecular weight is 477 g/mol. The second kappa shape index (κ2) is 22.0. The second-order valence-corrected chi connectivity index (χ2v) is 10.7. The SMILES string of the molecule is CCCCCCCCCCCCCCCCCC/C=C/C(OC(=O)OC)P(=O)(OC)OC. The minimum atomic E-state index is -3.56. The molecule has 1 unspecified atom stereocenters. The molecule has 0 fully saturated rings. The van der Waals surface area contributed by atoms with Crippen LogP contribution in [-0.4, -0.2) is 33.3 Å². The van der Waals surface area contributed by atoms with Gasteiger partial charge in [0.1, 0.15) is 0 Å². The molecule has 0 bridgehead atoms. The van der Waals surface area contributed by atoms with Crippen LogP contribution in [0.15, 0.2) is 12.2 Å². The van der Waals surface area contributed by atoms with E-state index in [4.69, 9.17) is 13.8 Å². The van der Waals surface area contributed by atoms with Crippen molar-refractivity contribution >= 4 is 13.8 Å². The molecule has 0 saturated carbocycles. The number of carbonyl (C=O) groups excluding carboxylic acids is 1. The normalized spacial score (nSPS) is 12.9. The Balaban J connectivity index is 3.69. The van der Waals surface area contributed by atoms with Crippen LogP contribution < -0.4 is 0 Å². The second-order valence-electron chi connectivity index (χ2n) is 8.39. The lowest BCUT2D eigenvalue weighted by molar-refractivity contribution is 0.0625. The van der Waals surface area contributed by atoms with Gasteiger partial charge < -0.3 is 18.5 Å². The largest absolute Gasteiger partial charge is 0.509 e. The summed E-state index contributed by atoms with van der Waals surface area (Å²) in [5.41, 5.74) is 0. The van der Waals surface area contributed by atoms with Crippen LogP contribution in [0.5, 0.6) is 0 Å². The van der Waals surface area contributed by atoms with Crippen molar-refractivity contribution in [3.63, 3.8) is 0 Å². The molecule has 0 saturated heterocycles. The third-order valence-corrected chi connectivity index (χ3v) is 7.65. The van der Waals surface area contributed by atoms with Crippen LogP contribution in [0.4, 0.5) is 4.79 Å². The summed E-state index contributed by atoms with van der Waals surface area (Å²) in [7, 11) is 0.168. The van der Waals surface area contributed by atoms with Gasteiger partial charge in [-0.05, 0) is 18.9 Å². The van der Waals surface area contributed by atoms with Gasteiger partial charge in [0.2, 0.25) is 5.85 Å². The van der Waals surface area contributed by atoms with E-state index in [1.54, 1.807) is 6.08 Å². The predicted molar refractivity (Wildman–Crippen MR) is 132 cm³/mol. The Morgan fingerprint density at radius 2 is 1.12 bits per heavy atom. The zero-order valence-corrected chi connectivity index (χ0v) is 22.0. The van der Waals surface area contributed by atoms with Gasteiger partial charge in [-0.1, -0.05) is 109 Å².